The second-order valence-corrected chi connectivity index (χ2v) is 6.59. The van der Waals surface area contributed by atoms with E-state index in [1.165, 1.54) is 11.1 Å². The van der Waals surface area contributed by atoms with E-state index in [0.717, 1.165) is 5.56 Å². The molecular weight excluding hydrogens is 312 g/mol. The highest BCUT2D eigenvalue weighted by atomic mass is 16.2. The molecule has 0 saturated carbocycles. The Morgan fingerprint density at radius 1 is 1.08 bits per heavy atom. The molecule has 3 rings (SSSR count). The molecule has 0 spiro atoms. The second kappa shape index (κ2) is 7.51. The van der Waals surface area contributed by atoms with Gasteiger partial charge in [0.25, 0.3) is 0 Å². The van der Waals surface area contributed by atoms with E-state index in [2.05, 4.69) is 36.4 Å². The zero-order chi connectivity index (χ0) is 17.8. The molecule has 2 aromatic rings. The molecule has 0 aromatic heterocycles. The van der Waals surface area contributed by atoms with Crippen molar-refractivity contribution in [2.75, 3.05) is 20.1 Å². The quantitative estimate of drug-likeness (QED) is 0.841. The van der Waals surface area contributed by atoms with E-state index in [9.17, 15) is 9.59 Å². The number of benzene rings is 2. The van der Waals surface area contributed by atoms with E-state index < -0.39 is 0 Å². The van der Waals surface area contributed by atoms with E-state index in [-0.39, 0.29) is 17.7 Å². The van der Waals surface area contributed by atoms with Crippen molar-refractivity contribution >= 4 is 11.8 Å². The number of carbonyl (C=O) groups excluding carboxylic acids is 2. The first-order chi connectivity index (χ1) is 12.1. The second-order valence-electron chi connectivity index (χ2n) is 6.59. The lowest BCUT2D eigenvalue weighted by Crippen LogP contribution is -2.34. The molecule has 130 valence electrons. The van der Waals surface area contributed by atoms with Crippen molar-refractivity contribution in [2.24, 2.45) is 5.92 Å². The van der Waals surface area contributed by atoms with Crippen LogP contribution in [0, 0.1) is 5.92 Å². The minimum Gasteiger partial charge on any atom is -0.342 e. The predicted octanol–water partition coefficient (Wildman–Crippen LogP) is 3.18. The Hall–Kier alpha value is -2.62. The van der Waals surface area contributed by atoms with Crippen LogP contribution >= 0.6 is 0 Å². The van der Waals surface area contributed by atoms with Gasteiger partial charge in [0.15, 0.2) is 0 Å². The summed E-state index contributed by atoms with van der Waals surface area (Å²) in [6.07, 6.45) is 0.337. The fourth-order valence-corrected chi connectivity index (χ4v) is 3.34. The zero-order valence-electron chi connectivity index (χ0n) is 14.8. The monoisotopic (exact) mass is 336 g/mol. The van der Waals surface area contributed by atoms with E-state index in [1.54, 1.807) is 9.80 Å². The zero-order valence-corrected chi connectivity index (χ0v) is 14.8. The number of rotatable bonds is 5. The van der Waals surface area contributed by atoms with Gasteiger partial charge in [0.2, 0.25) is 11.8 Å². The maximum Gasteiger partial charge on any atom is 0.228 e. The van der Waals surface area contributed by atoms with E-state index >= 15 is 0 Å². The van der Waals surface area contributed by atoms with Gasteiger partial charge in [-0.05, 0) is 23.6 Å². The third-order valence-corrected chi connectivity index (χ3v) is 4.80. The van der Waals surface area contributed by atoms with Gasteiger partial charge in [0, 0.05) is 33.1 Å². The molecule has 1 fully saturated rings. The maximum absolute atomic E-state index is 12.6. The van der Waals surface area contributed by atoms with Crippen molar-refractivity contribution in [2.45, 2.75) is 19.9 Å². The van der Waals surface area contributed by atoms with Crippen LogP contribution in [0.5, 0.6) is 0 Å². The molecule has 2 amide bonds. The average Bonchev–Trinajstić information content (AvgIpc) is 3.03. The summed E-state index contributed by atoms with van der Waals surface area (Å²) in [6, 6.07) is 18.5. The number of amides is 2. The molecule has 1 saturated heterocycles. The molecule has 1 aliphatic heterocycles. The molecular formula is C21H24N2O2. The van der Waals surface area contributed by atoms with Crippen LogP contribution in [0.15, 0.2) is 54.6 Å². The highest BCUT2D eigenvalue weighted by Gasteiger charge is 2.34. The van der Waals surface area contributed by atoms with Gasteiger partial charge < -0.3 is 9.80 Å². The lowest BCUT2D eigenvalue weighted by molar-refractivity contribution is -0.135. The van der Waals surface area contributed by atoms with Gasteiger partial charge in [-0.25, -0.2) is 0 Å². The summed E-state index contributed by atoms with van der Waals surface area (Å²) in [5.41, 5.74) is 3.44. The molecule has 2 aromatic carbocycles. The van der Waals surface area contributed by atoms with Gasteiger partial charge in [-0.2, -0.15) is 0 Å². The topological polar surface area (TPSA) is 40.6 Å². The normalized spacial score (nSPS) is 17.0. The molecule has 1 aliphatic rings. The summed E-state index contributed by atoms with van der Waals surface area (Å²) < 4.78 is 0. The largest absolute Gasteiger partial charge is 0.342 e. The van der Waals surface area contributed by atoms with Crippen LogP contribution in [-0.4, -0.2) is 41.8 Å². The summed E-state index contributed by atoms with van der Waals surface area (Å²) in [4.78, 5) is 27.9. The Balaban J connectivity index is 1.62. The summed E-state index contributed by atoms with van der Waals surface area (Å²) in [6.45, 7) is 3.73. The molecule has 4 nitrogen and oxygen atoms in total. The van der Waals surface area contributed by atoms with Gasteiger partial charge in [-0.15, -0.1) is 0 Å². The highest BCUT2D eigenvalue weighted by Crippen LogP contribution is 2.22. The summed E-state index contributed by atoms with van der Waals surface area (Å²) in [7, 11) is 1.81. The summed E-state index contributed by atoms with van der Waals surface area (Å²) in [5, 5.41) is 0. The Morgan fingerprint density at radius 3 is 2.32 bits per heavy atom. The number of likely N-dealkylation sites (tertiary alicyclic amines) is 1. The Bertz CT molecular complexity index is 740. The summed E-state index contributed by atoms with van der Waals surface area (Å²) in [5.74, 6) is -0.0704. The molecule has 0 bridgehead atoms. The van der Waals surface area contributed by atoms with E-state index in [1.807, 2.05) is 32.2 Å². The van der Waals surface area contributed by atoms with Crippen molar-refractivity contribution in [3.8, 4) is 11.1 Å². The smallest absolute Gasteiger partial charge is 0.228 e. The van der Waals surface area contributed by atoms with Crippen molar-refractivity contribution in [3.05, 3.63) is 60.2 Å². The number of hydrogen-bond donors (Lipinski definition) is 0. The van der Waals surface area contributed by atoms with Gasteiger partial charge >= 0.3 is 0 Å². The molecule has 1 heterocycles. The van der Waals surface area contributed by atoms with E-state index in [0.29, 0.717) is 26.1 Å². The number of hydrogen-bond acceptors (Lipinski definition) is 2. The van der Waals surface area contributed by atoms with Gasteiger partial charge in [0.1, 0.15) is 0 Å². The van der Waals surface area contributed by atoms with Gasteiger partial charge in [-0.3, -0.25) is 9.59 Å². The summed E-state index contributed by atoms with van der Waals surface area (Å²) >= 11 is 0. The molecule has 0 N–H and O–H groups in total. The third kappa shape index (κ3) is 3.90. The van der Waals surface area contributed by atoms with Crippen LogP contribution in [0.25, 0.3) is 11.1 Å². The predicted molar refractivity (Wildman–Crippen MR) is 98.7 cm³/mol. The van der Waals surface area contributed by atoms with Gasteiger partial charge in [0.05, 0.1) is 5.92 Å². The van der Waals surface area contributed by atoms with Crippen molar-refractivity contribution in [1.29, 1.82) is 0 Å². The lowest BCUT2D eigenvalue weighted by atomic mass is 10.0. The average molecular weight is 336 g/mol. The molecule has 4 heteroatoms. The van der Waals surface area contributed by atoms with Gasteiger partial charge in [-0.1, -0.05) is 54.6 Å². The highest BCUT2D eigenvalue weighted by molar-refractivity contribution is 5.89. The minimum atomic E-state index is -0.207. The first kappa shape index (κ1) is 17.2. The fraction of sp³-hybridized carbons (Fsp3) is 0.333. The van der Waals surface area contributed by atoms with Crippen molar-refractivity contribution < 1.29 is 9.59 Å². The SMILES string of the molecule is CCN1C[C@@H](C(=O)N(C)Cc2ccc(-c3ccccc3)cc2)CC1=O. The van der Waals surface area contributed by atoms with Crippen molar-refractivity contribution in [1.82, 2.24) is 9.80 Å². The molecule has 25 heavy (non-hydrogen) atoms. The lowest BCUT2D eigenvalue weighted by Gasteiger charge is -2.21. The Morgan fingerprint density at radius 2 is 1.72 bits per heavy atom. The first-order valence-electron chi connectivity index (χ1n) is 8.75. The third-order valence-electron chi connectivity index (χ3n) is 4.80. The van der Waals surface area contributed by atoms with Crippen LogP contribution in [0.2, 0.25) is 0 Å². The molecule has 1 atom stereocenters. The minimum absolute atomic E-state index is 0.0523. The first-order valence-corrected chi connectivity index (χ1v) is 8.75. The maximum atomic E-state index is 12.6. The fourth-order valence-electron chi connectivity index (χ4n) is 3.34. The van der Waals surface area contributed by atoms with Crippen LogP contribution < -0.4 is 0 Å². The van der Waals surface area contributed by atoms with Crippen molar-refractivity contribution in [3.63, 3.8) is 0 Å². The van der Waals surface area contributed by atoms with E-state index in [4.69, 9.17) is 0 Å². The standard InChI is InChI=1S/C21H24N2O2/c1-3-23-15-19(13-20(23)24)21(25)22(2)14-16-9-11-18(12-10-16)17-7-5-4-6-8-17/h4-12,19H,3,13-15H2,1-2H3/t19-/m0/s1. The van der Waals surface area contributed by atoms with Crippen LogP contribution in [0.3, 0.4) is 0 Å². The van der Waals surface area contributed by atoms with Crippen LogP contribution in [-0.2, 0) is 16.1 Å². The molecule has 0 unspecified atom stereocenters. The molecule has 0 radical (unpaired) electrons. The van der Waals surface area contributed by atoms with Crippen LogP contribution in [0.4, 0.5) is 0 Å². The Kier molecular flexibility index (Phi) is 5.17. The Labute approximate surface area is 149 Å². The molecule has 0 aliphatic carbocycles. The van der Waals surface area contributed by atoms with Crippen LogP contribution in [0.1, 0.15) is 18.9 Å². The number of carbonyl (C=O) groups is 2. The number of nitrogens with zero attached hydrogens (tertiary/aromatic N) is 2.